The molecule has 0 fully saturated rings. The van der Waals surface area contributed by atoms with Crippen LogP contribution in [0.3, 0.4) is 0 Å². The lowest BCUT2D eigenvalue weighted by molar-refractivity contribution is 0.390. The molecule has 96 valence electrons. The summed E-state index contributed by atoms with van der Waals surface area (Å²) >= 11 is 0. The van der Waals surface area contributed by atoms with Crippen molar-refractivity contribution in [3.63, 3.8) is 0 Å². The standard InChI is InChI=1S/C16H22N2/c1-16(2,11-17)12-18-15-10-6-4-8-13-7-3-5-9-14(13)15/h3,5,7,9,15,18H,4,6,8,10,12H2,1-2H3. The van der Waals surface area contributed by atoms with Crippen LogP contribution < -0.4 is 5.32 Å². The Morgan fingerprint density at radius 2 is 2.11 bits per heavy atom. The van der Waals surface area contributed by atoms with Crippen LogP contribution in [0.1, 0.15) is 50.3 Å². The first-order chi connectivity index (χ1) is 8.62. The molecule has 0 spiro atoms. The molecule has 2 rings (SSSR count). The van der Waals surface area contributed by atoms with Crippen LogP contribution in [0.25, 0.3) is 0 Å². The number of benzene rings is 1. The van der Waals surface area contributed by atoms with E-state index in [9.17, 15) is 0 Å². The van der Waals surface area contributed by atoms with Crippen molar-refractivity contribution in [3.05, 3.63) is 35.4 Å². The molecule has 0 aliphatic heterocycles. The predicted octanol–water partition coefficient (Wildman–Crippen LogP) is 3.59. The van der Waals surface area contributed by atoms with E-state index in [0.29, 0.717) is 6.04 Å². The molecule has 1 aromatic rings. The second kappa shape index (κ2) is 5.54. The summed E-state index contributed by atoms with van der Waals surface area (Å²) in [6.45, 7) is 4.73. The molecule has 1 atom stereocenters. The summed E-state index contributed by atoms with van der Waals surface area (Å²) in [5, 5.41) is 12.7. The molecule has 0 radical (unpaired) electrons. The summed E-state index contributed by atoms with van der Waals surface area (Å²) in [4.78, 5) is 0. The lowest BCUT2D eigenvalue weighted by Gasteiger charge is -2.23. The van der Waals surface area contributed by atoms with Crippen molar-refractivity contribution < 1.29 is 0 Å². The first-order valence-corrected chi connectivity index (χ1v) is 6.85. The van der Waals surface area contributed by atoms with Gasteiger partial charge in [0.1, 0.15) is 0 Å². The van der Waals surface area contributed by atoms with Gasteiger partial charge in [-0.05, 0) is 44.2 Å². The summed E-state index contributed by atoms with van der Waals surface area (Å²) in [7, 11) is 0. The third-order valence-electron chi connectivity index (χ3n) is 3.71. The topological polar surface area (TPSA) is 35.8 Å². The zero-order valence-electron chi connectivity index (χ0n) is 11.4. The number of nitrogens with one attached hydrogen (secondary N) is 1. The molecule has 1 aliphatic carbocycles. The highest BCUT2D eigenvalue weighted by Crippen LogP contribution is 2.29. The summed E-state index contributed by atoms with van der Waals surface area (Å²) in [6.07, 6.45) is 4.91. The fourth-order valence-electron chi connectivity index (χ4n) is 2.55. The maximum Gasteiger partial charge on any atom is 0.0697 e. The zero-order chi connectivity index (χ0) is 13.0. The number of nitrogens with zero attached hydrogens (tertiary/aromatic N) is 1. The zero-order valence-corrected chi connectivity index (χ0v) is 11.4. The monoisotopic (exact) mass is 242 g/mol. The maximum atomic E-state index is 9.08. The van der Waals surface area contributed by atoms with Gasteiger partial charge in [-0.1, -0.05) is 30.7 Å². The van der Waals surface area contributed by atoms with E-state index in [1.165, 1.54) is 36.8 Å². The molecule has 1 unspecified atom stereocenters. The number of hydrogen-bond donors (Lipinski definition) is 1. The van der Waals surface area contributed by atoms with Crippen LogP contribution in [0.5, 0.6) is 0 Å². The minimum Gasteiger partial charge on any atom is -0.308 e. The average molecular weight is 242 g/mol. The van der Waals surface area contributed by atoms with Gasteiger partial charge in [0.05, 0.1) is 11.5 Å². The van der Waals surface area contributed by atoms with Crippen LogP contribution in [0, 0.1) is 16.7 Å². The largest absolute Gasteiger partial charge is 0.308 e. The maximum absolute atomic E-state index is 9.08. The number of rotatable bonds is 3. The molecule has 18 heavy (non-hydrogen) atoms. The van der Waals surface area contributed by atoms with Gasteiger partial charge in [0.2, 0.25) is 0 Å². The van der Waals surface area contributed by atoms with E-state index in [0.717, 1.165) is 6.54 Å². The van der Waals surface area contributed by atoms with E-state index in [-0.39, 0.29) is 5.41 Å². The van der Waals surface area contributed by atoms with Gasteiger partial charge in [0.15, 0.2) is 0 Å². The second-order valence-corrected chi connectivity index (χ2v) is 5.87. The minimum absolute atomic E-state index is 0.290. The predicted molar refractivity (Wildman–Crippen MR) is 74.1 cm³/mol. The van der Waals surface area contributed by atoms with Crippen molar-refractivity contribution in [1.29, 1.82) is 5.26 Å². The first-order valence-electron chi connectivity index (χ1n) is 6.85. The quantitative estimate of drug-likeness (QED) is 0.822. The summed E-state index contributed by atoms with van der Waals surface area (Å²) in [5.74, 6) is 0. The van der Waals surface area contributed by atoms with Gasteiger partial charge in [0.25, 0.3) is 0 Å². The van der Waals surface area contributed by atoms with Crippen LogP contribution in [-0.4, -0.2) is 6.54 Å². The van der Waals surface area contributed by atoms with Gasteiger partial charge < -0.3 is 5.32 Å². The normalized spacial score (nSPS) is 19.7. The molecule has 2 heteroatoms. The van der Waals surface area contributed by atoms with Gasteiger partial charge >= 0.3 is 0 Å². The number of fused-ring (bicyclic) bond motifs is 1. The van der Waals surface area contributed by atoms with Crippen LogP contribution in [0.2, 0.25) is 0 Å². The Morgan fingerprint density at radius 1 is 1.33 bits per heavy atom. The molecule has 0 saturated heterocycles. The summed E-state index contributed by atoms with van der Waals surface area (Å²) < 4.78 is 0. The molecule has 0 aromatic heterocycles. The van der Waals surface area contributed by atoms with Crippen LogP contribution in [-0.2, 0) is 6.42 Å². The van der Waals surface area contributed by atoms with Gasteiger partial charge in [-0.3, -0.25) is 0 Å². The van der Waals surface area contributed by atoms with E-state index < -0.39 is 0 Å². The Morgan fingerprint density at radius 3 is 2.89 bits per heavy atom. The highest BCUT2D eigenvalue weighted by atomic mass is 14.9. The molecule has 0 heterocycles. The highest BCUT2D eigenvalue weighted by Gasteiger charge is 2.22. The van der Waals surface area contributed by atoms with E-state index in [1.807, 2.05) is 13.8 Å². The third-order valence-corrected chi connectivity index (χ3v) is 3.71. The first kappa shape index (κ1) is 13.1. The van der Waals surface area contributed by atoms with Crippen molar-refractivity contribution in [2.75, 3.05) is 6.54 Å². The number of hydrogen-bond acceptors (Lipinski definition) is 2. The van der Waals surface area contributed by atoms with Crippen molar-refractivity contribution in [2.45, 2.75) is 45.6 Å². The van der Waals surface area contributed by atoms with Crippen LogP contribution in [0.4, 0.5) is 0 Å². The highest BCUT2D eigenvalue weighted by molar-refractivity contribution is 5.31. The number of nitriles is 1. The molecule has 0 amide bonds. The van der Waals surface area contributed by atoms with E-state index in [4.69, 9.17) is 5.26 Å². The van der Waals surface area contributed by atoms with Crippen molar-refractivity contribution >= 4 is 0 Å². The summed E-state index contributed by atoms with van der Waals surface area (Å²) in [5.41, 5.74) is 2.62. The molecule has 2 nitrogen and oxygen atoms in total. The minimum atomic E-state index is -0.290. The lowest BCUT2D eigenvalue weighted by Crippen LogP contribution is -2.31. The Balaban J connectivity index is 2.11. The lowest BCUT2D eigenvalue weighted by atomic mass is 9.93. The van der Waals surface area contributed by atoms with Crippen molar-refractivity contribution in [2.24, 2.45) is 5.41 Å². The molecule has 1 N–H and O–H groups in total. The number of aryl methyl sites for hydroxylation is 1. The Labute approximate surface area is 110 Å². The van der Waals surface area contributed by atoms with Gasteiger partial charge in [-0.15, -0.1) is 0 Å². The van der Waals surface area contributed by atoms with Crippen LogP contribution >= 0.6 is 0 Å². The Hall–Kier alpha value is -1.33. The van der Waals surface area contributed by atoms with Crippen LogP contribution in [0.15, 0.2) is 24.3 Å². The van der Waals surface area contributed by atoms with Gasteiger partial charge in [-0.25, -0.2) is 0 Å². The van der Waals surface area contributed by atoms with Crippen molar-refractivity contribution in [1.82, 2.24) is 5.32 Å². The summed E-state index contributed by atoms with van der Waals surface area (Å²) in [6, 6.07) is 11.5. The second-order valence-electron chi connectivity index (χ2n) is 5.87. The fourth-order valence-corrected chi connectivity index (χ4v) is 2.55. The molecule has 1 aromatic carbocycles. The average Bonchev–Trinajstić information content (AvgIpc) is 2.59. The van der Waals surface area contributed by atoms with Crippen molar-refractivity contribution in [3.8, 4) is 6.07 Å². The SMILES string of the molecule is CC(C)(C#N)CNC1CCCCc2ccccc21. The smallest absolute Gasteiger partial charge is 0.0697 e. The Kier molecular flexibility index (Phi) is 4.04. The van der Waals surface area contributed by atoms with Gasteiger partial charge in [-0.2, -0.15) is 5.26 Å². The van der Waals surface area contributed by atoms with E-state index >= 15 is 0 Å². The molecular formula is C16H22N2. The molecule has 1 aliphatic rings. The fraction of sp³-hybridized carbons (Fsp3) is 0.562. The van der Waals surface area contributed by atoms with E-state index in [2.05, 4.69) is 35.7 Å². The van der Waals surface area contributed by atoms with Gasteiger partial charge in [0, 0.05) is 12.6 Å². The van der Waals surface area contributed by atoms with E-state index in [1.54, 1.807) is 0 Å². The molecular weight excluding hydrogens is 220 g/mol. The molecule has 0 saturated carbocycles. The molecule has 0 bridgehead atoms. The third kappa shape index (κ3) is 3.11. The Bertz CT molecular complexity index is 443.